The molecule has 1 rings (SSSR count). The number of carboxylic acids is 1. The highest BCUT2D eigenvalue weighted by molar-refractivity contribution is 5.66. The first-order valence-corrected chi connectivity index (χ1v) is 11.9. The molecule has 4 nitrogen and oxygen atoms in total. The first-order chi connectivity index (χ1) is 13.8. The van der Waals surface area contributed by atoms with Crippen LogP contribution in [-0.2, 0) is 14.3 Å². The van der Waals surface area contributed by atoms with Gasteiger partial charge in [0.25, 0.3) is 0 Å². The third-order valence-electron chi connectivity index (χ3n) is 5.38. The maximum absolute atomic E-state index is 10.4. The summed E-state index contributed by atoms with van der Waals surface area (Å²) in [6.07, 6.45) is 25.6. The number of rotatable bonds is 19. The fourth-order valence-corrected chi connectivity index (χ4v) is 3.61. The minimum absolute atomic E-state index is 0.0719. The van der Waals surface area contributed by atoms with Gasteiger partial charge in [-0.3, -0.25) is 4.79 Å². The van der Waals surface area contributed by atoms with Crippen molar-refractivity contribution in [3.63, 3.8) is 0 Å². The van der Waals surface area contributed by atoms with Crippen molar-refractivity contribution < 1.29 is 19.4 Å². The predicted molar refractivity (Wildman–Crippen MR) is 116 cm³/mol. The van der Waals surface area contributed by atoms with Crippen LogP contribution in [0.15, 0.2) is 12.2 Å². The lowest BCUT2D eigenvalue weighted by Gasteiger charge is -2.22. The molecule has 0 aromatic carbocycles. The molecule has 0 bridgehead atoms. The molecule has 164 valence electrons. The van der Waals surface area contributed by atoms with Crippen molar-refractivity contribution in [2.45, 2.75) is 122 Å². The van der Waals surface area contributed by atoms with Crippen LogP contribution in [0.5, 0.6) is 0 Å². The van der Waals surface area contributed by atoms with Crippen LogP contribution in [0.2, 0.25) is 0 Å². The monoisotopic (exact) mass is 396 g/mol. The molecule has 1 saturated heterocycles. The molecule has 0 aliphatic carbocycles. The summed E-state index contributed by atoms with van der Waals surface area (Å²) in [7, 11) is 0. The topological polar surface area (TPSA) is 55.8 Å². The molecule has 1 atom stereocenters. The molecule has 1 N–H and O–H groups in total. The molecule has 0 spiro atoms. The van der Waals surface area contributed by atoms with Crippen molar-refractivity contribution in [3.05, 3.63) is 12.2 Å². The Balaban J connectivity index is 1.70. The first-order valence-electron chi connectivity index (χ1n) is 11.9. The summed E-state index contributed by atoms with van der Waals surface area (Å²) < 4.78 is 11.3. The van der Waals surface area contributed by atoms with Gasteiger partial charge in [-0.1, -0.05) is 63.5 Å². The first kappa shape index (κ1) is 25.2. The average molecular weight is 397 g/mol. The lowest BCUT2D eigenvalue weighted by atomic mass is 10.1. The summed E-state index contributed by atoms with van der Waals surface area (Å²) in [5, 5.41) is 8.57. The van der Waals surface area contributed by atoms with Crippen LogP contribution in [-0.4, -0.2) is 30.6 Å². The van der Waals surface area contributed by atoms with Crippen LogP contribution in [0.3, 0.4) is 0 Å². The SMILES string of the molecule is O=C(O)CCCCCCCCC/C=C\CCCCCCCOC1CCCCO1. The molecule has 1 aliphatic heterocycles. The molecule has 1 fully saturated rings. The molecule has 4 heteroatoms. The van der Waals surface area contributed by atoms with Gasteiger partial charge in [0, 0.05) is 19.6 Å². The van der Waals surface area contributed by atoms with Gasteiger partial charge in [0.15, 0.2) is 6.29 Å². The van der Waals surface area contributed by atoms with Crippen LogP contribution in [0, 0.1) is 0 Å². The van der Waals surface area contributed by atoms with E-state index in [-0.39, 0.29) is 6.29 Å². The zero-order valence-corrected chi connectivity index (χ0v) is 18.0. The molecular weight excluding hydrogens is 352 g/mol. The van der Waals surface area contributed by atoms with Crippen molar-refractivity contribution >= 4 is 5.97 Å². The Hall–Kier alpha value is -0.870. The maximum atomic E-state index is 10.4. The number of carbonyl (C=O) groups is 1. The normalized spacial score (nSPS) is 17.4. The van der Waals surface area contributed by atoms with Gasteiger partial charge in [0.1, 0.15) is 0 Å². The number of hydrogen-bond donors (Lipinski definition) is 1. The van der Waals surface area contributed by atoms with Gasteiger partial charge in [-0.05, 0) is 57.8 Å². The Kier molecular flexibility index (Phi) is 17.5. The maximum Gasteiger partial charge on any atom is 0.303 e. The van der Waals surface area contributed by atoms with Crippen LogP contribution < -0.4 is 0 Å². The minimum atomic E-state index is -0.665. The highest BCUT2D eigenvalue weighted by Gasteiger charge is 2.13. The lowest BCUT2D eigenvalue weighted by molar-refractivity contribution is -0.162. The number of unbranched alkanes of at least 4 members (excludes halogenated alkanes) is 12. The van der Waals surface area contributed by atoms with Crippen molar-refractivity contribution in [2.75, 3.05) is 13.2 Å². The molecule has 1 heterocycles. The number of hydrogen-bond acceptors (Lipinski definition) is 3. The fraction of sp³-hybridized carbons (Fsp3) is 0.875. The van der Waals surface area contributed by atoms with E-state index in [0.717, 1.165) is 38.9 Å². The summed E-state index contributed by atoms with van der Waals surface area (Å²) in [5.74, 6) is -0.665. The number of carboxylic acid groups (broad SMARTS) is 1. The Morgan fingerprint density at radius 3 is 1.96 bits per heavy atom. The zero-order valence-electron chi connectivity index (χ0n) is 18.0. The van der Waals surface area contributed by atoms with E-state index in [1.54, 1.807) is 0 Å². The third-order valence-corrected chi connectivity index (χ3v) is 5.38. The Morgan fingerprint density at radius 1 is 0.821 bits per heavy atom. The largest absolute Gasteiger partial charge is 0.481 e. The van der Waals surface area contributed by atoms with E-state index in [1.807, 2.05) is 0 Å². The third kappa shape index (κ3) is 17.2. The number of allylic oxidation sites excluding steroid dienone is 2. The highest BCUT2D eigenvalue weighted by Crippen LogP contribution is 2.15. The van der Waals surface area contributed by atoms with Gasteiger partial charge in [-0.15, -0.1) is 0 Å². The predicted octanol–water partition coefficient (Wildman–Crippen LogP) is 7.02. The molecule has 0 aromatic rings. The Morgan fingerprint density at radius 2 is 1.39 bits per heavy atom. The van der Waals surface area contributed by atoms with E-state index in [1.165, 1.54) is 83.5 Å². The van der Waals surface area contributed by atoms with Gasteiger partial charge in [-0.2, -0.15) is 0 Å². The summed E-state index contributed by atoms with van der Waals surface area (Å²) >= 11 is 0. The molecule has 1 unspecified atom stereocenters. The average Bonchev–Trinajstić information content (AvgIpc) is 2.70. The molecule has 0 saturated carbocycles. The van der Waals surface area contributed by atoms with E-state index in [0.29, 0.717) is 6.42 Å². The lowest BCUT2D eigenvalue weighted by Crippen LogP contribution is -2.22. The Labute approximate surface area is 173 Å². The zero-order chi connectivity index (χ0) is 20.1. The van der Waals surface area contributed by atoms with Crippen LogP contribution in [0.25, 0.3) is 0 Å². The van der Waals surface area contributed by atoms with Crippen LogP contribution in [0.1, 0.15) is 116 Å². The molecule has 0 amide bonds. The van der Waals surface area contributed by atoms with Crippen LogP contribution >= 0.6 is 0 Å². The second-order valence-electron chi connectivity index (χ2n) is 8.10. The molecular formula is C24H44O4. The van der Waals surface area contributed by atoms with Gasteiger partial charge in [-0.25, -0.2) is 0 Å². The number of ether oxygens (including phenoxy) is 2. The summed E-state index contributed by atoms with van der Waals surface area (Å²) in [6.45, 7) is 1.72. The molecule has 28 heavy (non-hydrogen) atoms. The van der Waals surface area contributed by atoms with E-state index in [4.69, 9.17) is 14.6 Å². The standard InChI is InChI=1S/C24H44O4/c25-23(26)19-15-13-11-9-7-5-3-1-2-4-6-8-10-12-14-17-21-27-24-20-16-18-22-28-24/h2,4,24H,1,3,5-22H2,(H,25,26)/b4-2-. The second kappa shape index (κ2) is 19.4. The summed E-state index contributed by atoms with van der Waals surface area (Å²) in [4.78, 5) is 10.4. The van der Waals surface area contributed by atoms with Gasteiger partial charge < -0.3 is 14.6 Å². The van der Waals surface area contributed by atoms with Crippen molar-refractivity contribution in [1.29, 1.82) is 0 Å². The summed E-state index contributed by atoms with van der Waals surface area (Å²) in [5.41, 5.74) is 0. The second-order valence-corrected chi connectivity index (χ2v) is 8.10. The quantitative estimate of drug-likeness (QED) is 0.188. The van der Waals surface area contributed by atoms with Gasteiger partial charge in [0.05, 0.1) is 0 Å². The van der Waals surface area contributed by atoms with E-state index < -0.39 is 5.97 Å². The van der Waals surface area contributed by atoms with E-state index in [2.05, 4.69) is 12.2 Å². The fourth-order valence-electron chi connectivity index (χ4n) is 3.61. The Bertz CT molecular complexity index is 375. The summed E-state index contributed by atoms with van der Waals surface area (Å²) in [6, 6.07) is 0. The van der Waals surface area contributed by atoms with E-state index in [9.17, 15) is 4.79 Å². The van der Waals surface area contributed by atoms with Gasteiger partial charge in [0.2, 0.25) is 0 Å². The van der Waals surface area contributed by atoms with Crippen molar-refractivity contribution in [3.8, 4) is 0 Å². The highest BCUT2D eigenvalue weighted by atomic mass is 16.7. The smallest absolute Gasteiger partial charge is 0.303 e. The molecule has 0 aromatic heterocycles. The molecule has 1 aliphatic rings. The van der Waals surface area contributed by atoms with Crippen molar-refractivity contribution in [1.82, 2.24) is 0 Å². The molecule has 0 radical (unpaired) electrons. The van der Waals surface area contributed by atoms with Crippen molar-refractivity contribution in [2.24, 2.45) is 0 Å². The number of aliphatic carboxylic acids is 1. The van der Waals surface area contributed by atoms with E-state index >= 15 is 0 Å². The minimum Gasteiger partial charge on any atom is -0.481 e. The van der Waals surface area contributed by atoms with Crippen LogP contribution in [0.4, 0.5) is 0 Å². The van der Waals surface area contributed by atoms with Gasteiger partial charge >= 0.3 is 5.97 Å².